The van der Waals surface area contributed by atoms with Crippen LogP contribution in [0.25, 0.3) is 22.3 Å². The van der Waals surface area contributed by atoms with Gasteiger partial charge in [0.2, 0.25) is 0 Å². The van der Waals surface area contributed by atoms with Gasteiger partial charge >= 0.3 is 12.4 Å². The largest absolute Gasteiger partial charge is 0.417 e. The number of anilines is 2. The van der Waals surface area contributed by atoms with Gasteiger partial charge < -0.3 is 11.5 Å². The molecular formula is C20H14F6N2. The van der Waals surface area contributed by atoms with Crippen LogP contribution in [0.3, 0.4) is 0 Å². The third-order valence-electron chi connectivity index (χ3n) is 4.21. The molecule has 0 aliphatic carbocycles. The van der Waals surface area contributed by atoms with Crippen molar-refractivity contribution in [2.24, 2.45) is 0 Å². The molecule has 0 unspecified atom stereocenters. The molecule has 0 radical (unpaired) electrons. The first-order valence-corrected chi connectivity index (χ1v) is 8.01. The number of nitrogen functional groups attached to an aromatic ring is 2. The van der Waals surface area contributed by atoms with Gasteiger partial charge in [0.1, 0.15) is 0 Å². The van der Waals surface area contributed by atoms with Gasteiger partial charge in [-0.2, -0.15) is 26.3 Å². The molecule has 146 valence electrons. The molecule has 0 aliphatic heterocycles. The normalized spacial score (nSPS) is 12.2. The summed E-state index contributed by atoms with van der Waals surface area (Å²) in [5.41, 5.74) is 9.91. The van der Waals surface area contributed by atoms with Gasteiger partial charge in [-0.3, -0.25) is 0 Å². The van der Waals surface area contributed by atoms with E-state index >= 15 is 0 Å². The summed E-state index contributed by atoms with van der Waals surface area (Å²) in [6.45, 7) is 0. The number of alkyl halides is 6. The lowest BCUT2D eigenvalue weighted by atomic mass is 9.90. The van der Waals surface area contributed by atoms with E-state index in [2.05, 4.69) is 0 Å². The summed E-state index contributed by atoms with van der Waals surface area (Å²) < 4.78 is 79.9. The van der Waals surface area contributed by atoms with E-state index in [0.29, 0.717) is 29.4 Å². The predicted molar refractivity (Wildman–Crippen MR) is 96.1 cm³/mol. The number of hydrogen-bond acceptors (Lipinski definition) is 2. The molecule has 3 aromatic carbocycles. The maximum Gasteiger partial charge on any atom is 0.417 e. The smallest absolute Gasteiger partial charge is 0.399 e. The number of hydrogen-bond donors (Lipinski definition) is 2. The Hall–Kier alpha value is -3.16. The molecule has 3 rings (SSSR count). The van der Waals surface area contributed by atoms with Crippen molar-refractivity contribution >= 4 is 11.4 Å². The third kappa shape index (κ3) is 3.90. The minimum Gasteiger partial charge on any atom is -0.399 e. The van der Waals surface area contributed by atoms with E-state index in [4.69, 9.17) is 11.5 Å². The summed E-state index contributed by atoms with van der Waals surface area (Å²) in [6.07, 6.45) is -9.62. The lowest BCUT2D eigenvalue weighted by Crippen LogP contribution is -2.11. The summed E-state index contributed by atoms with van der Waals surface area (Å²) in [7, 11) is 0. The molecule has 0 spiro atoms. The highest BCUT2D eigenvalue weighted by atomic mass is 19.4. The van der Waals surface area contributed by atoms with Crippen LogP contribution in [0.2, 0.25) is 0 Å². The molecule has 28 heavy (non-hydrogen) atoms. The van der Waals surface area contributed by atoms with Crippen LogP contribution in [0.15, 0.2) is 60.7 Å². The lowest BCUT2D eigenvalue weighted by Gasteiger charge is -2.19. The van der Waals surface area contributed by atoms with Crippen molar-refractivity contribution < 1.29 is 26.3 Å². The zero-order valence-corrected chi connectivity index (χ0v) is 14.2. The zero-order valence-electron chi connectivity index (χ0n) is 14.2. The van der Waals surface area contributed by atoms with Gasteiger partial charge in [0.25, 0.3) is 0 Å². The molecule has 0 fully saturated rings. The maximum absolute atomic E-state index is 13.5. The van der Waals surface area contributed by atoms with Crippen LogP contribution in [0, 0.1) is 0 Å². The zero-order chi connectivity index (χ0) is 20.7. The standard InChI is InChI=1S/C20H14F6N2/c21-19(22,23)12-3-8-18(20(24,25)26)17(9-12)15-7-6-14(28)10-16(15)11-1-4-13(27)5-2-11/h1-10H,27-28H2. The molecule has 4 N–H and O–H groups in total. The topological polar surface area (TPSA) is 52.0 Å². The molecule has 0 aliphatic rings. The fourth-order valence-electron chi connectivity index (χ4n) is 2.89. The van der Waals surface area contributed by atoms with Crippen LogP contribution in [0.4, 0.5) is 37.7 Å². The Morgan fingerprint density at radius 1 is 0.536 bits per heavy atom. The second-order valence-electron chi connectivity index (χ2n) is 6.18. The highest BCUT2D eigenvalue weighted by molar-refractivity contribution is 5.87. The molecule has 0 saturated carbocycles. The second kappa shape index (κ2) is 6.78. The van der Waals surface area contributed by atoms with Gasteiger partial charge in [-0.25, -0.2) is 0 Å². The highest BCUT2D eigenvalue weighted by Crippen LogP contribution is 2.44. The van der Waals surface area contributed by atoms with E-state index < -0.39 is 29.0 Å². The van der Waals surface area contributed by atoms with Gasteiger partial charge in [0.05, 0.1) is 11.1 Å². The summed E-state index contributed by atoms with van der Waals surface area (Å²) in [5.74, 6) is 0. The molecule has 0 atom stereocenters. The summed E-state index contributed by atoms with van der Waals surface area (Å²) >= 11 is 0. The Morgan fingerprint density at radius 2 is 1.14 bits per heavy atom. The van der Waals surface area contributed by atoms with Crippen LogP contribution >= 0.6 is 0 Å². The number of nitrogens with two attached hydrogens (primary N) is 2. The first kappa shape index (κ1) is 19.6. The van der Waals surface area contributed by atoms with Gasteiger partial charge in [0, 0.05) is 11.4 Å². The van der Waals surface area contributed by atoms with E-state index in [0.717, 1.165) is 0 Å². The lowest BCUT2D eigenvalue weighted by molar-refractivity contribution is -0.141. The van der Waals surface area contributed by atoms with Crippen molar-refractivity contribution in [3.05, 3.63) is 71.8 Å². The van der Waals surface area contributed by atoms with Crippen LogP contribution < -0.4 is 11.5 Å². The SMILES string of the molecule is Nc1ccc(-c2cc(N)ccc2-c2cc(C(F)(F)F)ccc2C(F)(F)F)cc1. The van der Waals surface area contributed by atoms with Crippen LogP contribution in [0.5, 0.6) is 0 Å². The Labute approximate surface area is 156 Å². The average Bonchev–Trinajstić information content (AvgIpc) is 2.60. The average molecular weight is 396 g/mol. The van der Waals surface area contributed by atoms with Gasteiger partial charge in [-0.1, -0.05) is 18.2 Å². The first-order valence-electron chi connectivity index (χ1n) is 8.01. The molecule has 0 bridgehead atoms. The van der Waals surface area contributed by atoms with E-state index in [1.54, 1.807) is 24.3 Å². The van der Waals surface area contributed by atoms with E-state index in [9.17, 15) is 26.3 Å². The Morgan fingerprint density at radius 3 is 1.71 bits per heavy atom. The first-order chi connectivity index (χ1) is 13.0. The predicted octanol–water partition coefficient (Wildman–Crippen LogP) is 6.22. The van der Waals surface area contributed by atoms with Gasteiger partial charge in [-0.05, 0) is 64.7 Å². The van der Waals surface area contributed by atoms with Crippen LogP contribution in [-0.4, -0.2) is 0 Å². The second-order valence-corrected chi connectivity index (χ2v) is 6.18. The third-order valence-corrected chi connectivity index (χ3v) is 4.21. The van der Waals surface area contributed by atoms with Crippen LogP contribution in [-0.2, 0) is 12.4 Å². The Kier molecular flexibility index (Phi) is 4.74. The van der Waals surface area contributed by atoms with Crippen LogP contribution in [0.1, 0.15) is 11.1 Å². The fraction of sp³-hybridized carbons (Fsp3) is 0.100. The van der Waals surface area contributed by atoms with Crippen molar-refractivity contribution in [3.8, 4) is 22.3 Å². The molecule has 0 saturated heterocycles. The van der Waals surface area contributed by atoms with Crippen molar-refractivity contribution in [1.29, 1.82) is 0 Å². The Bertz CT molecular complexity index is 1000. The number of rotatable bonds is 2. The van der Waals surface area contributed by atoms with Gasteiger partial charge in [-0.15, -0.1) is 0 Å². The van der Waals surface area contributed by atoms with E-state index in [1.165, 1.54) is 18.2 Å². The molecule has 8 heteroatoms. The Balaban J connectivity index is 2.32. The molecule has 0 aromatic heterocycles. The molecular weight excluding hydrogens is 382 g/mol. The summed E-state index contributed by atoms with van der Waals surface area (Å²) in [5, 5.41) is 0. The van der Waals surface area contributed by atoms with Crippen molar-refractivity contribution in [1.82, 2.24) is 0 Å². The molecule has 3 aromatic rings. The minimum atomic E-state index is -4.83. The van der Waals surface area contributed by atoms with E-state index in [1.807, 2.05) is 0 Å². The van der Waals surface area contributed by atoms with Crippen molar-refractivity contribution in [2.75, 3.05) is 11.5 Å². The monoisotopic (exact) mass is 396 g/mol. The molecule has 2 nitrogen and oxygen atoms in total. The summed E-state index contributed by atoms with van der Waals surface area (Å²) in [4.78, 5) is 0. The minimum absolute atomic E-state index is 0.0163. The number of benzene rings is 3. The number of halogens is 6. The van der Waals surface area contributed by atoms with Gasteiger partial charge in [0.15, 0.2) is 0 Å². The quantitative estimate of drug-likeness (QED) is 0.399. The maximum atomic E-state index is 13.5. The summed E-state index contributed by atoms with van der Waals surface area (Å²) in [6, 6.07) is 11.6. The molecule has 0 amide bonds. The molecule has 0 heterocycles. The highest BCUT2D eigenvalue weighted by Gasteiger charge is 2.37. The fourth-order valence-corrected chi connectivity index (χ4v) is 2.89. The van der Waals surface area contributed by atoms with Crippen molar-refractivity contribution in [2.45, 2.75) is 12.4 Å². The van der Waals surface area contributed by atoms with E-state index in [-0.39, 0.29) is 16.8 Å². The van der Waals surface area contributed by atoms with Crippen molar-refractivity contribution in [3.63, 3.8) is 0 Å².